The molecule has 0 bridgehead atoms. The summed E-state index contributed by atoms with van der Waals surface area (Å²) < 4.78 is 76.0. The molecular weight excluding hydrogens is 1980 g/mol. The van der Waals surface area contributed by atoms with Crippen molar-refractivity contribution in [2.75, 3.05) is 174 Å². The average Bonchev–Trinajstić information content (AvgIpc) is 1.56. The number of primary amides is 2. The van der Waals surface area contributed by atoms with Gasteiger partial charge in [0.2, 0.25) is 0 Å². The van der Waals surface area contributed by atoms with Gasteiger partial charge in [-0.15, -0.1) is 0 Å². The van der Waals surface area contributed by atoms with Gasteiger partial charge >= 0.3 is 320 Å². The predicted octanol–water partition coefficient (Wildman–Crippen LogP) is 14.8. The number of aryl methyl sites for hydroxylation is 2. The Kier molecular flexibility index (Phi) is 40.3. The van der Waals surface area contributed by atoms with Crippen molar-refractivity contribution in [3.05, 3.63) is 218 Å². The third-order valence-corrected chi connectivity index (χ3v) is 36.0. The van der Waals surface area contributed by atoms with Crippen LogP contribution in [0.5, 0.6) is 23.0 Å². The van der Waals surface area contributed by atoms with Gasteiger partial charge in [-0.05, 0) is 111 Å². The standard InChI is InChI=1S/C59H65N6O12S.C38H54N5O7.CH4.6CH3.2Sn/c1-38-54-50(35-58(2,3)36-51(54)68)65(63-38)41-12-15-44(55(60)69)49(32-41)61-19-7-21-71-23-25-73-27-29-75-30-28-74-26-24-72-22-8-20-64(37-39-9-5-4-6-10-39)57(78)62-40-11-16-46-45(31-40)56(70)77-59(46)47-17-13-42(66)33-52(47)76-53-34-43(67)14-18-48(53)59;1-29-36-34(26-38(2,3)27-35(36)44)43(42-29)31-11-12-32(37(39)45)33(25-31)41-14-8-16-47-18-20-49-22-24-50-23-21-48-19-17-46-15-7-13-40-28-30-9-5-4-6-10-30;;;;;;;;;/h4-5,9-18,31-34,61,66-67H,7-8,19-30,35-37H2,1-3H3,(H2,60,69)(H,62,78);4-5,9-12,25,40-41H,7-8,13-24,26-28H2,1-3H3,(H2,39,45);1H4;6*1H3;;. The summed E-state index contributed by atoms with van der Waals surface area (Å²) in [5.74, 6) is -0.754. The Morgan fingerprint density at radius 1 is 0.482 bits per heavy atom. The molecule has 30 nitrogen and oxygen atoms in total. The number of anilines is 3. The summed E-state index contributed by atoms with van der Waals surface area (Å²) in [5, 5.41) is 44.1. The van der Waals surface area contributed by atoms with E-state index in [0.29, 0.717) is 268 Å². The number of thiocarbonyl (C=S) groups is 1. The Morgan fingerprint density at radius 2 is 0.876 bits per heavy atom. The van der Waals surface area contributed by atoms with Gasteiger partial charge < -0.3 is 65.5 Å². The topological polar surface area (TPSA) is 376 Å². The van der Waals surface area contributed by atoms with E-state index in [4.69, 9.17) is 90.7 Å². The summed E-state index contributed by atoms with van der Waals surface area (Å²) in [6.45, 7) is 26.0. The molecule has 0 fully saturated rings. The number of aromatic nitrogens is 4. The van der Waals surface area contributed by atoms with Gasteiger partial charge in [-0.3, -0.25) is 19.2 Å². The molecule has 7 aromatic carbocycles. The molecule has 0 saturated carbocycles. The maximum atomic E-state index is 13.8. The van der Waals surface area contributed by atoms with Crippen molar-refractivity contribution < 1.29 is 91.0 Å². The fourth-order valence-corrected chi connectivity index (χ4v) is 24.4. The molecule has 2 aliphatic carbocycles. The number of carbonyl (C=O) groups excluding carboxylic acids is 5. The first-order valence-electron chi connectivity index (χ1n) is 47.2. The van der Waals surface area contributed by atoms with Crippen LogP contribution in [0.25, 0.3) is 11.4 Å². The number of ether oxygens (including phenoxy) is 12. The fraction of sp³-hybridized carbons (Fsp3) is 0.481. The molecule has 0 radical (unpaired) electrons. The Labute approximate surface area is 820 Å². The molecule has 2 aliphatic heterocycles. The van der Waals surface area contributed by atoms with E-state index in [1.807, 2.05) is 59.6 Å². The van der Waals surface area contributed by atoms with Crippen LogP contribution in [-0.2, 0) is 83.6 Å². The maximum Gasteiger partial charge on any atom is 0.167 e. The summed E-state index contributed by atoms with van der Waals surface area (Å²) in [5.41, 5.74) is 23.0. The molecule has 2 aromatic heterocycles. The van der Waals surface area contributed by atoms with Crippen molar-refractivity contribution >= 4 is 108 Å². The number of hydrogen-bond acceptors (Lipinski definition) is 25. The zero-order chi connectivity index (χ0) is 97.2. The van der Waals surface area contributed by atoms with Gasteiger partial charge in [0.05, 0.1) is 136 Å². The second-order valence-electron chi connectivity index (χ2n) is 38.3. The van der Waals surface area contributed by atoms with E-state index in [1.165, 1.54) is 33.4 Å². The Morgan fingerprint density at radius 3 is 1.30 bits per heavy atom. The largest absolute Gasteiger partial charge is 0.294 e. The van der Waals surface area contributed by atoms with Crippen LogP contribution in [0.1, 0.15) is 176 Å². The minimum absolute atomic E-state index is 0. The fourth-order valence-electron chi connectivity index (χ4n) is 17.1. The molecule has 9 aromatic rings. The van der Waals surface area contributed by atoms with Gasteiger partial charge in [-0.25, -0.2) is 9.36 Å². The average molecular weight is 2120 g/mol. The second kappa shape index (κ2) is 51.1. The van der Waals surface area contributed by atoms with Crippen LogP contribution >= 0.6 is 12.2 Å². The van der Waals surface area contributed by atoms with Gasteiger partial charge in [0, 0.05) is 73.8 Å². The summed E-state index contributed by atoms with van der Waals surface area (Å²) in [4.78, 5) is 80.8. The summed E-state index contributed by atoms with van der Waals surface area (Å²) in [6, 6.07) is 43.4. The molecule has 10 N–H and O–H groups in total. The molecule has 4 heterocycles. The van der Waals surface area contributed by atoms with Gasteiger partial charge in [0.1, 0.15) is 23.0 Å². The molecular formula is C104H141N11O19SSn2. The van der Waals surface area contributed by atoms with Crippen molar-refractivity contribution in [2.24, 2.45) is 22.3 Å². The third-order valence-electron chi connectivity index (χ3n) is 24.0. The first kappa shape index (κ1) is 108. The number of hydrogen-bond donors (Lipinski definition) is 8. The monoisotopic (exact) mass is 2120 g/mol. The van der Waals surface area contributed by atoms with E-state index in [9.17, 15) is 34.2 Å². The number of carbonyl (C=O) groups is 5. The normalized spacial score (nSPS) is 14.2. The molecule has 1 spiro atoms. The van der Waals surface area contributed by atoms with E-state index >= 15 is 0 Å². The predicted molar refractivity (Wildman–Crippen MR) is 542 cm³/mol. The van der Waals surface area contributed by atoms with E-state index < -0.39 is 60.1 Å². The molecule has 2 amide bonds. The van der Waals surface area contributed by atoms with Crippen molar-refractivity contribution in [3.63, 3.8) is 0 Å². The van der Waals surface area contributed by atoms with Crippen LogP contribution in [0, 0.1) is 24.7 Å². The number of nitrogens with two attached hydrogens (primary N) is 2. The number of Topliss-reactive ketones (excluding diaryl/α,β-unsaturated/α-hetero) is 2. The molecule has 0 unspecified atom stereocenters. The summed E-state index contributed by atoms with van der Waals surface area (Å²) >= 11 is 1.69. The molecule has 33 heteroatoms. The van der Waals surface area contributed by atoms with Crippen LogP contribution in [-0.4, -0.2) is 264 Å². The van der Waals surface area contributed by atoms with E-state index in [-0.39, 0.29) is 41.3 Å². The van der Waals surface area contributed by atoms with Crippen LogP contribution < -0.4 is 44.6 Å². The number of phenols is 2. The first-order valence-corrected chi connectivity index (χ1v) is 67.6. The Balaban J connectivity index is 0.000000285. The summed E-state index contributed by atoms with van der Waals surface area (Å²) in [6.07, 6.45) is 5.53. The number of phenolic OH excluding ortho intramolecular Hbond substituents is 2. The van der Waals surface area contributed by atoms with Crippen LogP contribution in [0.15, 0.2) is 140 Å². The smallest absolute Gasteiger partial charge is 0.167 e. The maximum absolute atomic E-state index is 13.8. The van der Waals surface area contributed by atoms with E-state index in [2.05, 4.69) is 132 Å². The molecule has 740 valence electrons. The number of ketones is 2. The second-order valence-corrected chi connectivity index (χ2v) is 67.7. The molecule has 4 aliphatic rings. The Hall–Kier alpha value is -9.44. The summed E-state index contributed by atoms with van der Waals surface area (Å²) in [7, 11) is 0. The Bertz CT molecular complexity index is 5540. The number of fused-ring (bicyclic) bond motifs is 8. The number of aromatic hydroxyl groups is 2. The van der Waals surface area contributed by atoms with Gasteiger partial charge in [-0.2, -0.15) is 10.2 Å². The van der Waals surface area contributed by atoms with Gasteiger partial charge in [0.15, 0.2) is 11.6 Å². The minimum Gasteiger partial charge on any atom is -0.294 e. The van der Waals surface area contributed by atoms with Gasteiger partial charge in [0.25, 0.3) is 11.8 Å². The number of amides is 2. The van der Waals surface area contributed by atoms with Gasteiger partial charge in [-0.1, -0.05) is 35.1 Å². The van der Waals surface area contributed by atoms with E-state index in [1.54, 1.807) is 33.9 Å². The van der Waals surface area contributed by atoms with Crippen molar-refractivity contribution in [1.29, 1.82) is 0 Å². The van der Waals surface area contributed by atoms with Crippen molar-refractivity contribution in [3.8, 4) is 34.4 Å². The van der Waals surface area contributed by atoms with Crippen LogP contribution in [0.4, 0.5) is 17.1 Å². The number of esters is 1. The molecule has 0 atom stereocenters. The van der Waals surface area contributed by atoms with Crippen LogP contribution in [0.3, 0.4) is 0 Å². The van der Waals surface area contributed by atoms with Crippen LogP contribution in [0.2, 0.25) is 29.6 Å². The molecule has 13 rings (SSSR count). The van der Waals surface area contributed by atoms with Crippen molar-refractivity contribution in [2.45, 2.75) is 149 Å². The molecule has 0 saturated heterocycles. The minimum atomic E-state index is -2.38. The quantitative estimate of drug-likeness (QED) is 0.00759. The molecule has 137 heavy (non-hydrogen) atoms. The van der Waals surface area contributed by atoms with E-state index in [0.717, 1.165) is 72.8 Å². The number of nitrogens with one attached hydrogen (secondary N) is 4. The first-order chi connectivity index (χ1) is 65.2. The SMILES string of the molecule is C.Cc1nn(-c2ccc(C(N)=O)c(NCCCOCCOCCOCCOCCOCCCN(Cc3ccc[c]([Sn]([CH3])([CH3])[CH3])c3)C(=S)Nc3ccc4c(c3)C(=O)OC43c4ccc(O)cc4Oc4cc(O)ccc43)c2)c2c1C(=O)CC(C)(C)C2.Cc1nn(-c2ccc(C(N)=O)c(NCCCOCCOCCOCCOCCOCCCNCc3ccc[c]([Sn]([CH3])([CH3])[CH3])c3)c2)c2c1C(=O)CC(C)(C)C2. The number of benzene rings is 7. The zero-order valence-corrected chi connectivity index (χ0v) is 87.5. The number of rotatable bonds is 53. The van der Waals surface area contributed by atoms with Crippen molar-refractivity contribution in [1.82, 2.24) is 29.8 Å². The number of nitrogens with zero attached hydrogens (tertiary/aromatic N) is 5. The zero-order valence-electron chi connectivity index (χ0n) is 81.0. The third kappa shape index (κ3) is 30.3.